The Morgan fingerprint density at radius 3 is 2.57 bits per heavy atom. The molecule has 3 amide bonds. The molecule has 5 N–H and O–H groups in total. The van der Waals surface area contributed by atoms with E-state index in [0.29, 0.717) is 32.4 Å². The Kier molecular flexibility index (Phi) is 5.22. The van der Waals surface area contributed by atoms with Crippen LogP contribution in [-0.2, 0) is 14.4 Å². The van der Waals surface area contributed by atoms with E-state index in [1.54, 1.807) is 0 Å². The van der Waals surface area contributed by atoms with Crippen LogP contribution in [0.25, 0.3) is 0 Å². The van der Waals surface area contributed by atoms with E-state index in [9.17, 15) is 19.5 Å². The minimum atomic E-state index is -1.07. The Balaban J connectivity index is 2.26. The van der Waals surface area contributed by atoms with Crippen LogP contribution in [-0.4, -0.2) is 75.2 Å². The maximum atomic E-state index is 12.9. The Morgan fingerprint density at radius 1 is 1.39 bits per heavy atom. The summed E-state index contributed by atoms with van der Waals surface area (Å²) in [6.45, 7) is 2.21. The number of carbonyl (C=O) groups excluding carboxylic acids is 3. The maximum Gasteiger partial charge on any atom is 0.249 e. The summed E-state index contributed by atoms with van der Waals surface area (Å²) < 4.78 is 0. The van der Waals surface area contributed by atoms with Gasteiger partial charge in [-0.3, -0.25) is 14.4 Å². The zero-order valence-electron chi connectivity index (χ0n) is 13.1. The van der Waals surface area contributed by atoms with E-state index in [4.69, 9.17) is 11.5 Å². The van der Waals surface area contributed by atoms with Gasteiger partial charge in [-0.15, -0.1) is 0 Å². The molecule has 2 heterocycles. The standard InChI is InChI=1S/C14H24N4O4S/c1-8(19)10(15)12(21)18-5-2-3-14(18)4-6-17(13(14)22)9(7-23)11(16)20/h8-10,19,23H,2-7,15H2,1H3,(H2,16,20)/t8-,9+,10+,14?/m1/s1. The molecule has 8 nitrogen and oxygen atoms in total. The van der Waals surface area contributed by atoms with Gasteiger partial charge in [-0.25, -0.2) is 0 Å². The summed E-state index contributed by atoms with van der Waals surface area (Å²) >= 11 is 4.10. The zero-order chi connectivity index (χ0) is 17.4. The van der Waals surface area contributed by atoms with Crippen molar-refractivity contribution < 1.29 is 19.5 Å². The van der Waals surface area contributed by atoms with Gasteiger partial charge >= 0.3 is 0 Å². The summed E-state index contributed by atoms with van der Waals surface area (Å²) in [5.41, 5.74) is 10.1. The Labute approximate surface area is 140 Å². The fourth-order valence-electron chi connectivity index (χ4n) is 3.49. The highest BCUT2D eigenvalue weighted by Gasteiger charge is 2.57. The number of nitrogens with two attached hydrogens (primary N) is 2. The fraction of sp³-hybridized carbons (Fsp3) is 0.786. The molecule has 0 aromatic rings. The molecule has 0 aliphatic carbocycles. The molecule has 130 valence electrons. The minimum absolute atomic E-state index is 0.137. The molecule has 0 saturated carbocycles. The smallest absolute Gasteiger partial charge is 0.249 e. The number of thiol groups is 1. The molecule has 0 radical (unpaired) electrons. The number of likely N-dealkylation sites (tertiary alicyclic amines) is 2. The van der Waals surface area contributed by atoms with E-state index in [1.807, 2.05) is 0 Å². The van der Waals surface area contributed by atoms with Gasteiger partial charge in [0.25, 0.3) is 0 Å². The molecule has 2 rings (SSSR count). The molecule has 1 unspecified atom stereocenters. The number of hydrogen-bond donors (Lipinski definition) is 4. The minimum Gasteiger partial charge on any atom is -0.391 e. The van der Waals surface area contributed by atoms with Crippen LogP contribution >= 0.6 is 12.6 Å². The van der Waals surface area contributed by atoms with Crippen LogP contribution in [0, 0.1) is 0 Å². The quantitative estimate of drug-likeness (QED) is 0.432. The van der Waals surface area contributed by atoms with Crippen LogP contribution in [0.4, 0.5) is 0 Å². The molecular formula is C14H24N4O4S. The number of nitrogens with zero attached hydrogens (tertiary/aromatic N) is 2. The Morgan fingerprint density at radius 2 is 2.04 bits per heavy atom. The summed E-state index contributed by atoms with van der Waals surface area (Å²) in [7, 11) is 0. The molecule has 0 aromatic heterocycles. The lowest BCUT2D eigenvalue weighted by Gasteiger charge is -2.36. The molecule has 1 spiro atoms. The molecular weight excluding hydrogens is 320 g/mol. The van der Waals surface area contributed by atoms with Crippen molar-refractivity contribution in [3.05, 3.63) is 0 Å². The highest BCUT2D eigenvalue weighted by atomic mass is 32.1. The Bertz CT molecular complexity index is 515. The molecule has 2 aliphatic heterocycles. The highest BCUT2D eigenvalue weighted by molar-refractivity contribution is 7.80. The molecule has 0 bridgehead atoms. The Hall–Kier alpha value is -1.32. The van der Waals surface area contributed by atoms with Gasteiger partial charge < -0.3 is 26.4 Å². The second kappa shape index (κ2) is 6.66. The van der Waals surface area contributed by atoms with Gasteiger partial charge in [-0.1, -0.05) is 0 Å². The van der Waals surface area contributed by atoms with Gasteiger partial charge in [0.1, 0.15) is 17.6 Å². The summed E-state index contributed by atoms with van der Waals surface area (Å²) in [6.07, 6.45) is 0.642. The molecule has 23 heavy (non-hydrogen) atoms. The predicted molar refractivity (Wildman–Crippen MR) is 86.5 cm³/mol. The van der Waals surface area contributed by atoms with Gasteiger partial charge in [-0.2, -0.15) is 12.6 Å². The van der Waals surface area contributed by atoms with Gasteiger partial charge in [-0.05, 0) is 26.2 Å². The molecule has 2 saturated heterocycles. The van der Waals surface area contributed by atoms with Gasteiger partial charge in [0.15, 0.2) is 0 Å². The number of aliphatic hydroxyl groups is 1. The van der Waals surface area contributed by atoms with E-state index in [2.05, 4.69) is 12.6 Å². The van der Waals surface area contributed by atoms with Crippen molar-refractivity contribution in [2.24, 2.45) is 11.5 Å². The van der Waals surface area contributed by atoms with Crippen LogP contribution in [0.1, 0.15) is 26.2 Å². The molecule has 4 atom stereocenters. The van der Waals surface area contributed by atoms with Crippen molar-refractivity contribution in [1.82, 2.24) is 9.80 Å². The van der Waals surface area contributed by atoms with Crippen molar-refractivity contribution >= 4 is 30.4 Å². The van der Waals surface area contributed by atoms with E-state index in [0.717, 1.165) is 0 Å². The average Bonchev–Trinajstić information content (AvgIpc) is 3.06. The summed E-state index contributed by atoms with van der Waals surface area (Å²) in [6, 6.07) is -1.85. The number of primary amides is 1. The normalized spacial score (nSPS) is 28.3. The van der Waals surface area contributed by atoms with Gasteiger partial charge in [0.2, 0.25) is 17.7 Å². The molecule has 9 heteroatoms. The summed E-state index contributed by atoms with van der Waals surface area (Å²) in [5, 5.41) is 9.56. The zero-order valence-corrected chi connectivity index (χ0v) is 14.0. The number of carbonyl (C=O) groups is 3. The predicted octanol–water partition coefficient (Wildman–Crippen LogP) is -1.93. The van der Waals surface area contributed by atoms with Crippen molar-refractivity contribution in [1.29, 1.82) is 0 Å². The van der Waals surface area contributed by atoms with Crippen LogP contribution in [0.3, 0.4) is 0 Å². The first-order chi connectivity index (χ1) is 10.8. The van der Waals surface area contributed by atoms with Gasteiger partial charge in [0, 0.05) is 18.8 Å². The van der Waals surface area contributed by atoms with Gasteiger partial charge in [0.05, 0.1) is 6.10 Å². The first-order valence-corrected chi connectivity index (χ1v) is 8.36. The van der Waals surface area contributed by atoms with Crippen molar-refractivity contribution in [2.75, 3.05) is 18.8 Å². The fourth-order valence-corrected chi connectivity index (χ4v) is 3.87. The first kappa shape index (κ1) is 18.0. The van der Waals surface area contributed by atoms with Crippen LogP contribution in [0.5, 0.6) is 0 Å². The third-order valence-corrected chi connectivity index (χ3v) is 5.21. The first-order valence-electron chi connectivity index (χ1n) is 7.72. The van der Waals surface area contributed by atoms with Crippen LogP contribution in [0.15, 0.2) is 0 Å². The monoisotopic (exact) mass is 344 g/mol. The number of aliphatic hydroxyl groups excluding tert-OH is 1. The van der Waals surface area contributed by atoms with Crippen molar-refractivity contribution in [2.45, 2.75) is 49.9 Å². The number of rotatable bonds is 5. The topological polar surface area (TPSA) is 130 Å². The summed E-state index contributed by atoms with van der Waals surface area (Å²) in [5.74, 6) is -1.19. The number of hydrogen-bond acceptors (Lipinski definition) is 6. The third kappa shape index (κ3) is 2.92. The third-order valence-electron chi connectivity index (χ3n) is 4.86. The van der Waals surface area contributed by atoms with Crippen LogP contribution in [0.2, 0.25) is 0 Å². The lowest BCUT2D eigenvalue weighted by Crippen LogP contribution is -2.60. The van der Waals surface area contributed by atoms with E-state index in [-0.39, 0.29) is 11.7 Å². The highest BCUT2D eigenvalue weighted by Crippen LogP contribution is 2.40. The van der Waals surface area contributed by atoms with E-state index in [1.165, 1.54) is 16.7 Å². The lowest BCUT2D eigenvalue weighted by molar-refractivity contribution is -0.150. The molecule has 2 fully saturated rings. The average molecular weight is 344 g/mol. The molecule has 0 aromatic carbocycles. The maximum absolute atomic E-state index is 12.9. The van der Waals surface area contributed by atoms with Crippen LogP contribution < -0.4 is 11.5 Å². The SMILES string of the molecule is C[C@@H](O)[C@H](N)C(=O)N1CCCC12CCN([C@@H](CS)C(N)=O)C2=O. The van der Waals surface area contributed by atoms with E-state index < -0.39 is 35.5 Å². The largest absolute Gasteiger partial charge is 0.391 e. The lowest BCUT2D eigenvalue weighted by atomic mass is 9.93. The van der Waals surface area contributed by atoms with Crippen molar-refractivity contribution in [3.63, 3.8) is 0 Å². The number of amides is 3. The van der Waals surface area contributed by atoms with Crippen molar-refractivity contribution in [3.8, 4) is 0 Å². The second-order valence-electron chi connectivity index (χ2n) is 6.24. The summed E-state index contributed by atoms with van der Waals surface area (Å²) in [4.78, 5) is 39.9. The molecule has 2 aliphatic rings. The second-order valence-corrected chi connectivity index (χ2v) is 6.61. The van der Waals surface area contributed by atoms with E-state index >= 15 is 0 Å².